The van der Waals surface area contributed by atoms with E-state index in [1.807, 2.05) is 6.07 Å². The van der Waals surface area contributed by atoms with Gasteiger partial charge in [-0.15, -0.1) is 0 Å². The van der Waals surface area contributed by atoms with Gasteiger partial charge in [0.05, 0.1) is 26.7 Å². The number of furan rings is 1. The molecule has 0 spiro atoms. The lowest BCUT2D eigenvalue weighted by molar-refractivity contribution is -0.144. The van der Waals surface area contributed by atoms with Gasteiger partial charge in [-0.3, -0.25) is 9.69 Å². The lowest BCUT2D eigenvalue weighted by Gasteiger charge is -2.13. The number of rotatable bonds is 4. The minimum atomic E-state index is -0.470. The molecule has 1 atom stereocenters. The lowest BCUT2D eigenvalue weighted by Crippen LogP contribution is -2.23. The van der Waals surface area contributed by atoms with E-state index in [0.29, 0.717) is 18.8 Å². The third-order valence-electron chi connectivity index (χ3n) is 3.53. The highest BCUT2D eigenvalue weighted by Crippen LogP contribution is 2.22. The van der Waals surface area contributed by atoms with Gasteiger partial charge in [-0.05, 0) is 26.0 Å². The van der Waals surface area contributed by atoms with Crippen molar-refractivity contribution in [3.05, 3.63) is 23.2 Å². The molecular formula is C14H19NO5. The van der Waals surface area contributed by atoms with Crippen LogP contribution in [0.25, 0.3) is 0 Å². The predicted molar refractivity (Wildman–Crippen MR) is 70.2 cm³/mol. The number of likely N-dealkylation sites (tertiary alicyclic amines) is 1. The molecule has 1 aromatic rings. The van der Waals surface area contributed by atoms with Crippen LogP contribution in [0.2, 0.25) is 0 Å². The zero-order valence-electron chi connectivity index (χ0n) is 12.0. The second-order valence-corrected chi connectivity index (χ2v) is 4.96. The fraction of sp³-hybridized carbons (Fsp3) is 0.571. The number of hydrogen-bond donors (Lipinski definition) is 0. The summed E-state index contributed by atoms with van der Waals surface area (Å²) >= 11 is 0. The van der Waals surface area contributed by atoms with Gasteiger partial charge in [0.1, 0.15) is 5.76 Å². The highest BCUT2D eigenvalue weighted by atomic mass is 16.5. The van der Waals surface area contributed by atoms with Crippen LogP contribution in [0.5, 0.6) is 0 Å². The number of carbonyl (C=O) groups excluding carboxylic acids is 2. The van der Waals surface area contributed by atoms with Crippen LogP contribution in [0.15, 0.2) is 10.5 Å². The topological polar surface area (TPSA) is 69.0 Å². The van der Waals surface area contributed by atoms with Crippen LogP contribution in [-0.2, 0) is 20.8 Å². The molecule has 0 aliphatic carbocycles. The van der Waals surface area contributed by atoms with Crippen LogP contribution in [0.3, 0.4) is 0 Å². The monoisotopic (exact) mass is 281 g/mol. The summed E-state index contributed by atoms with van der Waals surface area (Å²) in [5, 5.41) is 0. The number of carbonyl (C=O) groups is 2. The van der Waals surface area contributed by atoms with Crippen molar-refractivity contribution in [3.63, 3.8) is 0 Å². The molecular weight excluding hydrogens is 262 g/mol. The Balaban J connectivity index is 1.98. The van der Waals surface area contributed by atoms with Crippen molar-refractivity contribution in [1.29, 1.82) is 0 Å². The van der Waals surface area contributed by atoms with Gasteiger partial charge >= 0.3 is 11.9 Å². The molecule has 1 aliphatic rings. The summed E-state index contributed by atoms with van der Waals surface area (Å²) in [5.74, 6) is 0.233. The molecule has 6 nitrogen and oxygen atoms in total. The van der Waals surface area contributed by atoms with E-state index in [4.69, 9.17) is 9.15 Å². The zero-order chi connectivity index (χ0) is 14.7. The molecule has 2 rings (SSSR count). The Bertz CT molecular complexity index is 508. The molecule has 1 unspecified atom stereocenters. The van der Waals surface area contributed by atoms with E-state index >= 15 is 0 Å². The molecule has 0 aromatic carbocycles. The SMILES string of the molecule is COC(=O)c1oc(CN2CCC(C(=O)OC)C2)cc1C. The quantitative estimate of drug-likeness (QED) is 0.776. The summed E-state index contributed by atoms with van der Waals surface area (Å²) in [6, 6.07) is 1.83. The van der Waals surface area contributed by atoms with Crippen LogP contribution in [-0.4, -0.2) is 44.1 Å². The van der Waals surface area contributed by atoms with E-state index in [1.54, 1.807) is 6.92 Å². The van der Waals surface area contributed by atoms with Crippen molar-refractivity contribution >= 4 is 11.9 Å². The molecule has 0 amide bonds. The van der Waals surface area contributed by atoms with Crippen molar-refractivity contribution in [2.24, 2.45) is 5.92 Å². The highest BCUT2D eigenvalue weighted by molar-refractivity contribution is 5.87. The first-order valence-electron chi connectivity index (χ1n) is 6.53. The second-order valence-electron chi connectivity index (χ2n) is 4.96. The first kappa shape index (κ1) is 14.6. The van der Waals surface area contributed by atoms with E-state index in [-0.39, 0.29) is 17.6 Å². The number of aryl methyl sites for hydroxylation is 1. The molecule has 1 saturated heterocycles. The molecule has 0 N–H and O–H groups in total. The largest absolute Gasteiger partial charge is 0.469 e. The highest BCUT2D eigenvalue weighted by Gasteiger charge is 2.29. The second kappa shape index (κ2) is 6.09. The van der Waals surface area contributed by atoms with Gasteiger partial charge in [0.15, 0.2) is 0 Å². The minimum Gasteiger partial charge on any atom is -0.469 e. The van der Waals surface area contributed by atoms with E-state index in [9.17, 15) is 9.59 Å². The Hall–Kier alpha value is -1.82. The van der Waals surface area contributed by atoms with Gasteiger partial charge < -0.3 is 13.9 Å². The van der Waals surface area contributed by atoms with Crippen molar-refractivity contribution in [2.75, 3.05) is 27.3 Å². The Morgan fingerprint density at radius 2 is 2.15 bits per heavy atom. The van der Waals surface area contributed by atoms with Gasteiger partial charge in [-0.2, -0.15) is 0 Å². The van der Waals surface area contributed by atoms with Gasteiger partial charge in [-0.25, -0.2) is 4.79 Å². The zero-order valence-corrected chi connectivity index (χ0v) is 12.0. The average molecular weight is 281 g/mol. The van der Waals surface area contributed by atoms with Crippen LogP contribution in [0, 0.1) is 12.8 Å². The first-order chi connectivity index (χ1) is 9.55. The number of ether oxygens (including phenoxy) is 2. The molecule has 0 radical (unpaired) electrons. The molecule has 6 heteroatoms. The van der Waals surface area contributed by atoms with Crippen molar-refractivity contribution in [2.45, 2.75) is 19.9 Å². The standard InChI is InChI=1S/C14H19NO5/c1-9-6-11(20-12(9)14(17)19-3)8-15-5-4-10(7-15)13(16)18-2/h6,10H,4-5,7-8H2,1-3H3. The Kier molecular flexibility index (Phi) is 4.44. The van der Waals surface area contributed by atoms with Gasteiger partial charge in [0.25, 0.3) is 0 Å². The van der Waals surface area contributed by atoms with Crippen molar-refractivity contribution in [3.8, 4) is 0 Å². The first-order valence-corrected chi connectivity index (χ1v) is 6.53. The fourth-order valence-electron chi connectivity index (χ4n) is 2.48. The lowest BCUT2D eigenvalue weighted by atomic mass is 10.1. The third-order valence-corrected chi connectivity index (χ3v) is 3.53. The molecule has 1 aromatic heterocycles. The van der Waals surface area contributed by atoms with Gasteiger partial charge in [0.2, 0.25) is 5.76 Å². The number of methoxy groups -OCH3 is 2. The molecule has 1 aliphatic heterocycles. The van der Waals surface area contributed by atoms with E-state index in [2.05, 4.69) is 9.64 Å². The molecule has 1 fully saturated rings. The van der Waals surface area contributed by atoms with E-state index in [1.165, 1.54) is 14.2 Å². The molecule has 0 bridgehead atoms. The molecule has 2 heterocycles. The summed E-state index contributed by atoms with van der Waals surface area (Å²) in [5.41, 5.74) is 0.760. The van der Waals surface area contributed by atoms with E-state index < -0.39 is 5.97 Å². The van der Waals surface area contributed by atoms with Crippen LogP contribution in [0.4, 0.5) is 0 Å². The normalized spacial score (nSPS) is 19.1. The van der Waals surface area contributed by atoms with Crippen LogP contribution in [0.1, 0.15) is 28.3 Å². The number of esters is 2. The summed E-state index contributed by atoms with van der Waals surface area (Å²) in [7, 11) is 2.73. The molecule has 20 heavy (non-hydrogen) atoms. The molecule has 0 saturated carbocycles. The van der Waals surface area contributed by atoms with Crippen LogP contribution < -0.4 is 0 Å². The van der Waals surface area contributed by atoms with Crippen molar-refractivity contribution in [1.82, 2.24) is 4.90 Å². The van der Waals surface area contributed by atoms with Crippen LogP contribution >= 0.6 is 0 Å². The van der Waals surface area contributed by atoms with Crippen molar-refractivity contribution < 1.29 is 23.5 Å². The summed E-state index contributed by atoms with van der Waals surface area (Å²) < 4.78 is 14.9. The Morgan fingerprint density at radius 3 is 2.80 bits per heavy atom. The maximum atomic E-state index is 11.5. The van der Waals surface area contributed by atoms with Gasteiger partial charge in [0, 0.05) is 12.1 Å². The maximum absolute atomic E-state index is 11.5. The average Bonchev–Trinajstić information content (AvgIpc) is 3.04. The smallest absolute Gasteiger partial charge is 0.374 e. The maximum Gasteiger partial charge on any atom is 0.374 e. The Labute approximate surface area is 117 Å². The predicted octanol–water partition coefficient (Wildman–Crippen LogP) is 1.37. The summed E-state index contributed by atoms with van der Waals surface area (Å²) in [4.78, 5) is 25.1. The van der Waals surface area contributed by atoms with E-state index in [0.717, 1.165) is 18.5 Å². The Morgan fingerprint density at radius 1 is 1.40 bits per heavy atom. The number of hydrogen-bond acceptors (Lipinski definition) is 6. The van der Waals surface area contributed by atoms with Gasteiger partial charge in [-0.1, -0.05) is 0 Å². The summed E-state index contributed by atoms with van der Waals surface area (Å²) in [6.45, 7) is 3.85. The fourth-order valence-corrected chi connectivity index (χ4v) is 2.48. The summed E-state index contributed by atoms with van der Waals surface area (Å²) in [6.07, 6.45) is 0.788. The number of nitrogens with zero attached hydrogens (tertiary/aromatic N) is 1. The third kappa shape index (κ3) is 3.01. The minimum absolute atomic E-state index is 0.0730. The molecule has 110 valence electrons.